The van der Waals surface area contributed by atoms with Crippen molar-refractivity contribution < 1.29 is 4.39 Å². The summed E-state index contributed by atoms with van der Waals surface area (Å²) in [5.41, 5.74) is 0.874. The van der Waals surface area contributed by atoms with Crippen molar-refractivity contribution in [2.45, 2.75) is 19.8 Å². The zero-order chi connectivity index (χ0) is 14.9. The zero-order valence-electron chi connectivity index (χ0n) is 11.3. The molecule has 1 N–H and O–H groups in total. The molecular weight excluding hydrogens is 345 g/mol. The molecule has 0 fully saturated rings. The summed E-state index contributed by atoms with van der Waals surface area (Å²) < 4.78 is 14.8. The van der Waals surface area contributed by atoms with Crippen LogP contribution in [0.5, 0.6) is 0 Å². The number of hydrogen-bond donors (Lipinski definition) is 1. The lowest BCUT2D eigenvalue weighted by atomic mass is 10.1. The summed E-state index contributed by atoms with van der Waals surface area (Å²) in [4.78, 5) is 8.78. The smallest absolute Gasteiger partial charge is 0.152 e. The van der Waals surface area contributed by atoms with Gasteiger partial charge in [0.2, 0.25) is 0 Å². The van der Waals surface area contributed by atoms with E-state index in [0.717, 1.165) is 0 Å². The first kappa shape index (κ1) is 15.2. The minimum absolute atomic E-state index is 0.0539. The highest BCUT2D eigenvalue weighted by molar-refractivity contribution is 9.10. The molecule has 0 saturated carbocycles. The first-order valence-corrected chi connectivity index (χ1v) is 7.31. The molecule has 0 unspecified atom stereocenters. The molecule has 0 radical (unpaired) electrons. The lowest BCUT2D eigenvalue weighted by Crippen LogP contribution is -2.04. The maximum absolute atomic E-state index is 14.3. The Morgan fingerprint density at radius 3 is 2.60 bits per heavy atom. The second-order valence-corrected chi connectivity index (χ2v) is 5.86. The van der Waals surface area contributed by atoms with Crippen molar-refractivity contribution in [2.75, 3.05) is 12.4 Å². The van der Waals surface area contributed by atoms with E-state index in [9.17, 15) is 4.39 Å². The third kappa shape index (κ3) is 2.94. The predicted octanol–water partition coefficient (Wildman–Crippen LogP) is 4.86. The molecule has 106 valence electrons. The van der Waals surface area contributed by atoms with Gasteiger partial charge in [-0.15, -0.1) is 0 Å². The highest BCUT2D eigenvalue weighted by atomic mass is 79.9. The normalized spacial score (nSPS) is 10.9. The second kappa shape index (κ2) is 6.06. The van der Waals surface area contributed by atoms with Crippen LogP contribution in [0.3, 0.4) is 0 Å². The highest BCUT2D eigenvalue weighted by Crippen LogP contribution is 2.33. The molecule has 0 saturated heterocycles. The van der Waals surface area contributed by atoms with E-state index in [-0.39, 0.29) is 10.9 Å². The summed E-state index contributed by atoms with van der Waals surface area (Å²) in [6, 6.07) is 5.06. The van der Waals surface area contributed by atoms with Gasteiger partial charge in [0.25, 0.3) is 0 Å². The Morgan fingerprint density at radius 1 is 1.30 bits per heavy atom. The largest absolute Gasteiger partial charge is 0.373 e. The Morgan fingerprint density at radius 2 is 2.00 bits per heavy atom. The van der Waals surface area contributed by atoms with E-state index >= 15 is 0 Å². The van der Waals surface area contributed by atoms with Crippen LogP contribution >= 0.6 is 27.5 Å². The molecule has 1 aromatic carbocycles. The van der Waals surface area contributed by atoms with Crippen LogP contribution in [0.2, 0.25) is 5.02 Å². The maximum atomic E-state index is 14.3. The molecule has 20 heavy (non-hydrogen) atoms. The lowest BCUT2D eigenvalue weighted by molar-refractivity contribution is 0.630. The molecule has 0 spiro atoms. The average molecular weight is 359 g/mol. The first-order chi connectivity index (χ1) is 9.43. The maximum Gasteiger partial charge on any atom is 0.152 e. The van der Waals surface area contributed by atoms with Crippen LogP contribution < -0.4 is 5.32 Å². The van der Waals surface area contributed by atoms with Crippen LogP contribution in [-0.2, 0) is 0 Å². The molecular formula is C14H14BrClFN3. The fourth-order valence-electron chi connectivity index (χ4n) is 1.71. The van der Waals surface area contributed by atoms with E-state index in [1.807, 2.05) is 13.8 Å². The van der Waals surface area contributed by atoms with Crippen molar-refractivity contribution >= 4 is 33.3 Å². The third-order valence-corrected chi connectivity index (χ3v) is 4.09. The monoisotopic (exact) mass is 357 g/mol. The lowest BCUT2D eigenvalue weighted by Gasteiger charge is -2.11. The van der Waals surface area contributed by atoms with Crippen LogP contribution in [0.25, 0.3) is 11.3 Å². The number of hydrogen-bond acceptors (Lipinski definition) is 3. The molecule has 1 heterocycles. The minimum atomic E-state index is -0.489. The van der Waals surface area contributed by atoms with E-state index in [1.54, 1.807) is 25.2 Å². The number of nitrogens with zero attached hydrogens (tertiary/aromatic N) is 2. The molecule has 0 aliphatic rings. The Labute approximate surface area is 130 Å². The second-order valence-electron chi connectivity index (χ2n) is 4.62. The van der Waals surface area contributed by atoms with E-state index in [2.05, 4.69) is 31.2 Å². The van der Waals surface area contributed by atoms with Gasteiger partial charge in [0.15, 0.2) is 5.82 Å². The van der Waals surface area contributed by atoms with Crippen molar-refractivity contribution in [3.05, 3.63) is 39.3 Å². The predicted molar refractivity (Wildman–Crippen MR) is 83.8 cm³/mol. The molecule has 0 aliphatic heterocycles. The summed E-state index contributed by atoms with van der Waals surface area (Å²) in [5.74, 6) is 0.968. The van der Waals surface area contributed by atoms with Crippen molar-refractivity contribution in [3.8, 4) is 11.3 Å². The minimum Gasteiger partial charge on any atom is -0.373 e. The summed E-state index contributed by atoms with van der Waals surface area (Å²) in [7, 11) is 1.77. The van der Waals surface area contributed by atoms with Crippen molar-refractivity contribution in [1.82, 2.24) is 9.97 Å². The topological polar surface area (TPSA) is 37.8 Å². The van der Waals surface area contributed by atoms with Gasteiger partial charge in [-0.3, -0.25) is 0 Å². The molecule has 6 heteroatoms. The third-order valence-electron chi connectivity index (χ3n) is 2.83. The van der Waals surface area contributed by atoms with Gasteiger partial charge in [0.1, 0.15) is 11.6 Å². The van der Waals surface area contributed by atoms with E-state index < -0.39 is 5.82 Å². The number of benzene rings is 1. The van der Waals surface area contributed by atoms with Gasteiger partial charge in [-0.25, -0.2) is 14.4 Å². The molecule has 3 nitrogen and oxygen atoms in total. The summed E-state index contributed by atoms with van der Waals surface area (Å²) in [5, 5.41) is 3.02. The number of aromatic nitrogens is 2. The molecule has 0 aliphatic carbocycles. The van der Waals surface area contributed by atoms with Crippen molar-refractivity contribution in [3.63, 3.8) is 0 Å². The summed E-state index contributed by atoms with van der Waals surface area (Å²) >= 11 is 9.13. The Kier molecular flexibility index (Phi) is 4.60. The Hall–Kier alpha value is -1.20. The van der Waals surface area contributed by atoms with Crippen LogP contribution in [0, 0.1) is 5.82 Å². The van der Waals surface area contributed by atoms with Gasteiger partial charge in [-0.05, 0) is 28.1 Å². The fraction of sp³-hybridized carbons (Fsp3) is 0.286. The number of nitrogens with one attached hydrogen (secondary N) is 1. The number of anilines is 1. The van der Waals surface area contributed by atoms with Crippen LogP contribution in [0.4, 0.5) is 10.2 Å². The van der Waals surface area contributed by atoms with Crippen LogP contribution in [-0.4, -0.2) is 17.0 Å². The van der Waals surface area contributed by atoms with Gasteiger partial charge in [0.05, 0.1) is 10.7 Å². The fourth-order valence-corrected chi connectivity index (χ4v) is 2.18. The first-order valence-electron chi connectivity index (χ1n) is 6.14. The van der Waals surface area contributed by atoms with E-state index in [0.29, 0.717) is 27.4 Å². The van der Waals surface area contributed by atoms with E-state index in [1.165, 1.54) is 0 Å². The molecule has 0 atom stereocenters. The van der Waals surface area contributed by atoms with Gasteiger partial charge >= 0.3 is 0 Å². The molecule has 1 aromatic heterocycles. The average Bonchev–Trinajstić information content (AvgIpc) is 2.44. The summed E-state index contributed by atoms with van der Waals surface area (Å²) in [6.45, 7) is 3.98. The van der Waals surface area contributed by atoms with Crippen molar-refractivity contribution in [2.24, 2.45) is 0 Å². The molecule has 0 amide bonds. The van der Waals surface area contributed by atoms with Gasteiger partial charge in [-0.2, -0.15) is 0 Å². The standard InChI is InChI=1S/C14H14BrClFN3/c1-7(2)14-19-10(6-11(18-3)20-14)8-4-5-9(15)12(16)13(8)17/h4-7H,1-3H3,(H,18,19,20). The zero-order valence-corrected chi connectivity index (χ0v) is 13.7. The summed E-state index contributed by atoms with van der Waals surface area (Å²) in [6.07, 6.45) is 0. The molecule has 2 aromatic rings. The molecule has 0 bridgehead atoms. The van der Waals surface area contributed by atoms with Gasteiger partial charge < -0.3 is 5.32 Å². The molecule has 2 rings (SSSR count). The quantitative estimate of drug-likeness (QED) is 0.796. The van der Waals surface area contributed by atoms with Gasteiger partial charge in [0, 0.05) is 29.1 Å². The van der Waals surface area contributed by atoms with Gasteiger partial charge in [-0.1, -0.05) is 25.4 Å². The van der Waals surface area contributed by atoms with Crippen LogP contribution in [0.15, 0.2) is 22.7 Å². The number of halogens is 3. The van der Waals surface area contributed by atoms with Crippen LogP contribution in [0.1, 0.15) is 25.6 Å². The highest BCUT2D eigenvalue weighted by Gasteiger charge is 2.15. The Balaban J connectivity index is 2.63. The van der Waals surface area contributed by atoms with E-state index in [4.69, 9.17) is 11.6 Å². The SMILES string of the molecule is CNc1cc(-c2ccc(Br)c(Cl)c2F)nc(C(C)C)n1. The van der Waals surface area contributed by atoms with Crippen molar-refractivity contribution in [1.29, 1.82) is 0 Å². The Bertz CT molecular complexity index is 647. The number of rotatable bonds is 3.